The second kappa shape index (κ2) is 6.86. The van der Waals surface area contributed by atoms with Crippen molar-refractivity contribution in [2.24, 2.45) is 0 Å². The van der Waals surface area contributed by atoms with Gasteiger partial charge in [-0.1, -0.05) is 19.1 Å². The largest absolute Gasteiger partial charge is 0.435 e. The number of anilines is 1. The van der Waals surface area contributed by atoms with Gasteiger partial charge in [0.15, 0.2) is 5.89 Å². The molecular weight excluding hydrogens is 306 g/mol. The highest BCUT2D eigenvalue weighted by Crippen LogP contribution is 2.19. The number of aryl methyl sites for hydroxylation is 2. The van der Waals surface area contributed by atoms with Crippen molar-refractivity contribution in [1.82, 2.24) is 10.3 Å². The molecule has 0 bridgehead atoms. The molecule has 0 spiro atoms. The number of hydrogen-bond donors (Lipinski definition) is 2. The van der Waals surface area contributed by atoms with Gasteiger partial charge in [0.2, 0.25) is 11.7 Å². The van der Waals surface area contributed by atoms with E-state index in [1.165, 1.54) is 0 Å². The van der Waals surface area contributed by atoms with Crippen LogP contribution in [0.3, 0.4) is 0 Å². The Bertz CT molecular complexity index is 745. The van der Waals surface area contributed by atoms with Gasteiger partial charge in [-0.2, -0.15) is 0 Å². The fourth-order valence-electron chi connectivity index (χ4n) is 2.40. The van der Waals surface area contributed by atoms with E-state index >= 15 is 0 Å². The van der Waals surface area contributed by atoms with Gasteiger partial charge in [-0.15, -0.1) is 0 Å². The zero-order valence-corrected chi connectivity index (χ0v) is 13.9. The first-order valence-corrected chi connectivity index (χ1v) is 8.21. The summed E-state index contributed by atoms with van der Waals surface area (Å²) in [7, 11) is 0. The number of carbonyl (C=O) groups excluding carboxylic acids is 2. The predicted octanol–water partition coefficient (Wildman–Crippen LogP) is 2.62. The number of rotatable bonds is 6. The molecule has 1 saturated carbocycles. The summed E-state index contributed by atoms with van der Waals surface area (Å²) in [4.78, 5) is 28.2. The minimum absolute atomic E-state index is 0.0404. The molecule has 0 unspecified atom stereocenters. The Balaban J connectivity index is 1.59. The molecule has 1 aromatic carbocycles. The Hall–Kier alpha value is -2.63. The molecule has 2 N–H and O–H groups in total. The number of nitrogens with zero attached hydrogens (tertiary/aromatic N) is 1. The summed E-state index contributed by atoms with van der Waals surface area (Å²) < 4.78 is 5.44. The van der Waals surface area contributed by atoms with Crippen molar-refractivity contribution in [3.8, 4) is 0 Å². The molecule has 1 aliphatic carbocycles. The van der Waals surface area contributed by atoms with Crippen LogP contribution < -0.4 is 10.6 Å². The van der Waals surface area contributed by atoms with E-state index < -0.39 is 0 Å². The smallest absolute Gasteiger partial charge is 0.293 e. The van der Waals surface area contributed by atoms with Crippen LogP contribution in [-0.2, 0) is 17.6 Å². The van der Waals surface area contributed by atoms with Crippen LogP contribution in [0.25, 0.3) is 0 Å². The summed E-state index contributed by atoms with van der Waals surface area (Å²) in [6.45, 7) is 3.67. The van der Waals surface area contributed by atoms with Gasteiger partial charge in [0.05, 0.1) is 12.1 Å². The molecule has 0 radical (unpaired) electrons. The van der Waals surface area contributed by atoms with Gasteiger partial charge in [-0.25, -0.2) is 4.98 Å². The lowest BCUT2D eigenvalue weighted by molar-refractivity contribution is -0.120. The maximum Gasteiger partial charge on any atom is 0.293 e. The van der Waals surface area contributed by atoms with Crippen LogP contribution in [0.1, 0.15) is 47.5 Å². The third-order valence-corrected chi connectivity index (χ3v) is 3.87. The van der Waals surface area contributed by atoms with E-state index in [9.17, 15) is 9.59 Å². The zero-order chi connectivity index (χ0) is 17.1. The van der Waals surface area contributed by atoms with Crippen LogP contribution in [0.2, 0.25) is 0 Å². The predicted molar refractivity (Wildman–Crippen MR) is 89.9 cm³/mol. The molecule has 1 fully saturated rings. The van der Waals surface area contributed by atoms with Crippen molar-refractivity contribution >= 4 is 17.5 Å². The van der Waals surface area contributed by atoms with E-state index in [2.05, 4.69) is 15.6 Å². The number of hydrogen-bond acceptors (Lipinski definition) is 4. The minimum atomic E-state index is -0.320. The maximum absolute atomic E-state index is 12.2. The third kappa shape index (κ3) is 4.01. The molecule has 6 heteroatoms. The fourth-order valence-corrected chi connectivity index (χ4v) is 2.40. The van der Waals surface area contributed by atoms with Crippen molar-refractivity contribution < 1.29 is 14.0 Å². The Morgan fingerprint density at radius 1 is 1.25 bits per heavy atom. The molecule has 0 saturated heterocycles. The van der Waals surface area contributed by atoms with Gasteiger partial charge in [0.1, 0.15) is 0 Å². The molecular formula is C18H21N3O3. The lowest BCUT2D eigenvalue weighted by Crippen LogP contribution is -2.26. The average Bonchev–Trinajstić information content (AvgIpc) is 3.28. The van der Waals surface area contributed by atoms with Gasteiger partial charge in [0.25, 0.3) is 5.91 Å². The second-order valence-electron chi connectivity index (χ2n) is 6.05. The highest BCUT2D eigenvalue weighted by molar-refractivity contribution is 6.02. The molecule has 126 valence electrons. The lowest BCUT2D eigenvalue weighted by Gasteiger charge is -2.06. The highest BCUT2D eigenvalue weighted by atomic mass is 16.4. The number of nitrogens with one attached hydrogen (secondary N) is 2. The number of carbonyl (C=O) groups is 2. The first-order chi connectivity index (χ1) is 11.5. The molecule has 1 heterocycles. The van der Waals surface area contributed by atoms with Crippen LogP contribution in [0.15, 0.2) is 28.7 Å². The number of aromatic nitrogens is 1. The quantitative estimate of drug-likeness (QED) is 0.854. The van der Waals surface area contributed by atoms with Crippen molar-refractivity contribution in [3.05, 3.63) is 47.2 Å². The molecule has 2 aromatic rings. The Morgan fingerprint density at radius 2 is 1.96 bits per heavy atom. The Labute approximate surface area is 140 Å². The van der Waals surface area contributed by atoms with Gasteiger partial charge in [-0.3, -0.25) is 9.59 Å². The molecule has 1 aliphatic rings. The summed E-state index contributed by atoms with van der Waals surface area (Å²) in [5, 5.41) is 5.74. The summed E-state index contributed by atoms with van der Waals surface area (Å²) >= 11 is 0. The van der Waals surface area contributed by atoms with Crippen molar-refractivity contribution in [2.75, 3.05) is 5.32 Å². The Kier molecular flexibility index (Phi) is 4.64. The van der Waals surface area contributed by atoms with Crippen LogP contribution in [0.5, 0.6) is 0 Å². The highest BCUT2D eigenvalue weighted by Gasteiger charge is 2.23. The SMILES string of the molecule is CCc1nc(C)c(C(=O)Nc2ccc(CC(=O)NC3CC3)cc2)o1. The van der Waals surface area contributed by atoms with Crippen molar-refractivity contribution in [2.45, 2.75) is 45.6 Å². The minimum Gasteiger partial charge on any atom is -0.435 e. The molecule has 0 atom stereocenters. The standard InChI is InChI=1S/C18H21N3O3/c1-3-16-19-11(2)17(24-16)18(23)21-14-6-4-12(5-7-14)10-15(22)20-13-8-9-13/h4-7,13H,3,8-10H2,1-2H3,(H,20,22)(H,21,23). The van der Waals surface area contributed by atoms with Gasteiger partial charge >= 0.3 is 0 Å². The summed E-state index contributed by atoms with van der Waals surface area (Å²) in [6.07, 6.45) is 3.16. The van der Waals surface area contributed by atoms with E-state index in [0.29, 0.717) is 36.2 Å². The molecule has 1 aromatic heterocycles. The summed E-state index contributed by atoms with van der Waals surface area (Å²) in [6, 6.07) is 7.61. The first kappa shape index (κ1) is 16.2. The zero-order valence-electron chi connectivity index (χ0n) is 13.9. The fraction of sp³-hybridized carbons (Fsp3) is 0.389. The number of amides is 2. The van der Waals surface area contributed by atoms with Crippen molar-refractivity contribution in [3.63, 3.8) is 0 Å². The van der Waals surface area contributed by atoms with E-state index in [4.69, 9.17) is 4.42 Å². The lowest BCUT2D eigenvalue weighted by atomic mass is 10.1. The summed E-state index contributed by atoms with van der Waals surface area (Å²) in [5.74, 6) is 0.506. The van der Waals surface area contributed by atoms with E-state index in [0.717, 1.165) is 18.4 Å². The van der Waals surface area contributed by atoms with Gasteiger partial charge < -0.3 is 15.1 Å². The monoisotopic (exact) mass is 327 g/mol. The first-order valence-electron chi connectivity index (χ1n) is 8.21. The molecule has 3 rings (SSSR count). The topological polar surface area (TPSA) is 84.2 Å². The molecule has 6 nitrogen and oxygen atoms in total. The Morgan fingerprint density at radius 3 is 2.54 bits per heavy atom. The van der Waals surface area contributed by atoms with Gasteiger partial charge in [-0.05, 0) is 37.5 Å². The van der Waals surface area contributed by atoms with E-state index in [1.54, 1.807) is 19.1 Å². The van der Waals surface area contributed by atoms with Crippen LogP contribution in [0.4, 0.5) is 5.69 Å². The number of oxazole rings is 1. The summed E-state index contributed by atoms with van der Waals surface area (Å²) in [5.41, 5.74) is 2.15. The average molecular weight is 327 g/mol. The molecule has 2 amide bonds. The van der Waals surface area contributed by atoms with Crippen LogP contribution in [-0.4, -0.2) is 22.8 Å². The molecule has 0 aliphatic heterocycles. The van der Waals surface area contributed by atoms with E-state index in [-0.39, 0.29) is 17.6 Å². The van der Waals surface area contributed by atoms with Gasteiger partial charge in [0, 0.05) is 18.2 Å². The normalized spacial score (nSPS) is 13.6. The molecule has 24 heavy (non-hydrogen) atoms. The van der Waals surface area contributed by atoms with Crippen LogP contribution >= 0.6 is 0 Å². The second-order valence-corrected chi connectivity index (χ2v) is 6.05. The van der Waals surface area contributed by atoms with Crippen molar-refractivity contribution in [1.29, 1.82) is 0 Å². The van der Waals surface area contributed by atoms with E-state index in [1.807, 2.05) is 19.1 Å². The third-order valence-electron chi connectivity index (χ3n) is 3.87. The number of benzene rings is 1. The maximum atomic E-state index is 12.2. The van der Waals surface area contributed by atoms with Crippen LogP contribution in [0, 0.1) is 6.92 Å².